The molecule has 0 aliphatic carbocycles. The quantitative estimate of drug-likeness (QED) is 0.763. The van der Waals surface area contributed by atoms with Gasteiger partial charge >= 0.3 is 0 Å². The minimum atomic E-state index is 0.360. The maximum atomic E-state index is 9.81. The fourth-order valence-electron chi connectivity index (χ4n) is 2.52. The number of nitrogens with zero attached hydrogens (tertiary/aromatic N) is 1. The van der Waals surface area contributed by atoms with Crippen molar-refractivity contribution in [2.45, 2.75) is 18.4 Å². The van der Waals surface area contributed by atoms with Crippen molar-refractivity contribution in [1.29, 1.82) is 0 Å². The first-order chi connectivity index (χ1) is 7.24. The summed E-state index contributed by atoms with van der Waals surface area (Å²) < 4.78 is 0. The molecule has 2 unspecified atom stereocenters. The molecule has 1 fully saturated rings. The molecule has 0 aromatic heterocycles. The monoisotopic (exact) mass is 206 g/mol. The summed E-state index contributed by atoms with van der Waals surface area (Å²) in [5.74, 6) is 0.775. The molecule has 1 aliphatic heterocycles. The molecule has 2 atom stereocenters. The summed E-state index contributed by atoms with van der Waals surface area (Å²) in [6.45, 7) is 1.70. The van der Waals surface area contributed by atoms with Crippen LogP contribution in [0.2, 0.25) is 0 Å². The van der Waals surface area contributed by atoms with Crippen molar-refractivity contribution >= 4 is 0 Å². The Bertz CT molecular complexity index is 340. The van der Waals surface area contributed by atoms with Crippen molar-refractivity contribution in [2.24, 2.45) is 5.73 Å². The largest absolute Gasteiger partial charge is 0.508 e. The zero-order valence-corrected chi connectivity index (χ0v) is 9.06. The van der Waals surface area contributed by atoms with Crippen LogP contribution in [-0.4, -0.2) is 36.2 Å². The summed E-state index contributed by atoms with van der Waals surface area (Å²) in [5, 5.41) is 9.81. The molecule has 15 heavy (non-hydrogen) atoms. The molecule has 0 amide bonds. The topological polar surface area (TPSA) is 49.5 Å². The molecule has 0 bridgehead atoms. The fourth-order valence-corrected chi connectivity index (χ4v) is 2.52. The van der Waals surface area contributed by atoms with E-state index in [-0.39, 0.29) is 0 Å². The Morgan fingerprint density at radius 2 is 2.20 bits per heavy atom. The second kappa shape index (κ2) is 4.21. The number of phenols is 1. The number of phenolic OH excluding ortho intramolecular Hbond substituents is 1. The van der Waals surface area contributed by atoms with Crippen LogP contribution in [0.1, 0.15) is 17.9 Å². The maximum Gasteiger partial charge on any atom is 0.119 e. The van der Waals surface area contributed by atoms with Gasteiger partial charge in [-0.05, 0) is 31.6 Å². The fraction of sp³-hybridized carbons (Fsp3) is 0.500. The number of likely N-dealkylation sites (tertiary alicyclic amines) is 1. The van der Waals surface area contributed by atoms with Gasteiger partial charge in [-0.3, -0.25) is 0 Å². The molecule has 2 rings (SSSR count). The third kappa shape index (κ3) is 1.85. The second-order valence-corrected chi connectivity index (χ2v) is 4.24. The minimum absolute atomic E-state index is 0.360. The predicted octanol–water partition coefficient (Wildman–Crippen LogP) is 1.14. The van der Waals surface area contributed by atoms with E-state index in [1.54, 1.807) is 6.07 Å². The van der Waals surface area contributed by atoms with E-state index in [4.69, 9.17) is 5.73 Å². The molecular formula is C12H18N2O. The molecule has 0 saturated carbocycles. The Kier molecular flexibility index (Phi) is 2.93. The summed E-state index contributed by atoms with van der Waals surface area (Å²) in [6, 6.07) is 7.94. The van der Waals surface area contributed by atoms with Crippen molar-refractivity contribution in [3.63, 3.8) is 0 Å². The van der Waals surface area contributed by atoms with Crippen molar-refractivity contribution in [3.05, 3.63) is 29.8 Å². The first-order valence-electron chi connectivity index (χ1n) is 5.42. The minimum Gasteiger partial charge on any atom is -0.508 e. The number of aromatic hydroxyl groups is 1. The Morgan fingerprint density at radius 1 is 1.47 bits per heavy atom. The molecule has 1 saturated heterocycles. The van der Waals surface area contributed by atoms with E-state index in [0.29, 0.717) is 24.3 Å². The van der Waals surface area contributed by atoms with E-state index >= 15 is 0 Å². The molecular weight excluding hydrogens is 188 g/mol. The predicted molar refractivity (Wildman–Crippen MR) is 60.9 cm³/mol. The number of hydrogen-bond donors (Lipinski definition) is 2. The van der Waals surface area contributed by atoms with Gasteiger partial charge in [-0.15, -0.1) is 0 Å². The van der Waals surface area contributed by atoms with Crippen molar-refractivity contribution < 1.29 is 5.11 Å². The highest BCUT2D eigenvalue weighted by Crippen LogP contribution is 2.36. The molecule has 1 aromatic carbocycles. The summed E-state index contributed by atoms with van der Waals surface area (Å²) in [7, 11) is 2.09. The first-order valence-corrected chi connectivity index (χ1v) is 5.42. The van der Waals surface area contributed by atoms with Gasteiger partial charge in [0.05, 0.1) is 0 Å². The Hall–Kier alpha value is -1.06. The van der Waals surface area contributed by atoms with Gasteiger partial charge in [0.1, 0.15) is 5.75 Å². The van der Waals surface area contributed by atoms with Gasteiger partial charge in [-0.25, -0.2) is 0 Å². The Labute approximate surface area is 90.5 Å². The van der Waals surface area contributed by atoms with E-state index in [0.717, 1.165) is 18.5 Å². The standard InChI is InChI=1S/C12H18N2O/c1-14-7-6-9(11(14)8-13)10-4-2-3-5-12(10)15/h2-5,9,11,15H,6-8,13H2,1H3. The molecule has 82 valence electrons. The Morgan fingerprint density at radius 3 is 2.87 bits per heavy atom. The molecule has 1 aliphatic rings. The van der Waals surface area contributed by atoms with Crippen LogP contribution in [0.4, 0.5) is 0 Å². The van der Waals surface area contributed by atoms with Gasteiger partial charge in [-0.1, -0.05) is 18.2 Å². The van der Waals surface area contributed by atoms with Gasteiger partial charge in [-0.2, -0.15) is 0 Å². The van der Waals surface area contributed by atoms with Gasteiger partial charge in [0.2, 0.25) is 0 Å². The van der Waals surface area contributed by atoms with Crippen LogP contribution in [0.25, 0.3) is 0 Å². The number of benzene rings is 1. The molecule has 1 heterocycles. The summed E-state index contributed by atoms with van der Waals surface area (Å²) >= 11 is 0. The zero-order valence-electron chi connectivity index (χ0n) is 9.06. The van der Waals surface area contributed by atoms with Crippen molar-refractivity contribution in [3.8, 4) is 5.75 Å². The van der Waals surface area contributed by atoms with Crippen molar-refractivity contribution in [1.82, 2.24) is 4.90 Å². The van der Waals surface area contributed by atoms with Crippen LogP contribution in [0.3, 0.4) is 0 Å². The molecule has 1 aromatic rings. The first kappa shape index (κ1) is 10.5. The van der Waals surface area contributed by atoms with E-state index < -0.39 is 0 Å². The lowest BCUT2D eigenvalue weighted by atomic mass is 9.91. The third-order valence-electron chi connectivity index (χ3n) is 3.40. The Balaban J connectivity index is 2.28. The summed E-state index contributed by atoms with van der Waals surface area (Å²) in [5.41, 5.74) is 6.82. The molecule has 0 radical (unpaired) electrons. The highest BCUT2D eigenvalue weighted by Gasteiger charge is 2.32. The van der Waals surface area contributed by atoms with Gasteiger partial charge in [0, 0.05) is 18.5 Å². The summed E-state index contributed by atoms with van der Waals surface area (Å²) in [4.78, 5) is 2.27. The van der Waals surface area contributed by atoms with Gasteiger partial charge in [0.15, 0.2) is 0 Å². The van der Waals surface area contributed by atoms with Crippen LogP contribution >= 0.6 is 0 Å². The zero-order chi connectivity index (χ0) is 10.8. The average molecular weight is 206 g/mol. The lowest BCUT2D eigenvalue weighted by Gasteiger charge is -2.24. The number of rotatable bonds is 2. The number of hydrogen-bond acceptors (Lipinski definition) is 3. The van der Waals surface area contributed by atoms with Gasteiger partial charge in [0.25, 0.3) is 0 Å². The highest BCUT2D eigenvalue weighted by molar-refractivity contribution is 5.36. The second-order valence-electron chi connectivity index (χ2n) is 4.24. The molecule has 0 spiro atoms. The number of para-hydroxylation sites is 1. The number of likely N-dealkylation sites (N-methyl/N-ethyl adjacent to an activating group) is 1. The maximum absolute atomic E-state index is 9.81. The summed E-state index contributed by atoms with van der Waals surface area (Å²) in [6.07, 6.45) is 1.08. The highest BCUT2D eigenvalue weighted by atomic mass is 16.3. The van der Waals surface area contributed by atoms with E-state index in [1.807, 2.05) is 18.2 Å². The third-order valence-corrected chi connectivity index (χ3v) is 3.40. The molecule has 3 heteroatoms. The average Bonchev–Trinajstić information content (AvgIpc) is 2.60. The van der Waals surface area contributed by atoms with Crippen LogP contribution in [0, 0.1) is 0 Å². The van der Waals surface area contributed by atoms with E-state index in [2.05, 4.69) is 11.9 Å². The van der Waals surface area contributed by atoms with E-state index in [1.165, 1.54) is 0 Å². The van der Waals surface area contributed by atoms with Crippen LogP contribution < -0.4 is 5.73 Å². The van der Waals surface area contributed by atoms with Crippen molar-refractivity contribution in [2.75, 3.05) is 20.1 Å². The van der Waals surface area contributed by atoms with Crippen LogP contribution in [-0.2, 0) is 0 Å². The van der Waals surface area contributed by atoms with Gasteiger partial charge < -0.3 is 15.7 Å². The molecule has 3 nitrogen and oxygen atoms in total. The lowest BCUT2D eigenvalue weighted by Crippen LogP contribution is -2.35. The molecule has 3 N–H and O–H groups in total. The SMILES string of the molecule is CN1CCC(c2ccccc2O)C1CN. The smallest absolute Gasteiger partial charge is 0.119 e. The normalized spacial score (nSPS) is 27.1. The lowest BCUT2D eigenvalue weighted by molar-refractivity contribution is 0.301. The number of nitrogens with two attached hydrogens (primary N) is 1. The van der Waals surface area contributed by atoms with E-state index in [9.17, 15) is 5.11 Å². The van der Waals surface area contributed by atoms with Crippen LogP contribution in [0.15, 0.2) is 24.3 Å². The van der Waals surface area contributed by atoms with Crippen LogP contribution in [0.5, 0.6) is 5.75 Å².